The second-order valence-electron chi connectivity index (χ2n) is 2.67. The first-order valence-corrected chi connectivity index (χ1v) is 4.51. The zero-order chi connectivity index (χ0) is 8.27. The van der Waals surface area contributed by atoms with E-state index < -0.39 is 0 Å². The molecule has 0 aromatic carbocycles. The van der Waals surface area contributed by atoms with Crippen molar-refractivity contribution in [2.75, 3.05) is 6.61 Å². The molecule has 0 aliphatic rings. The molecule has 0 bridgehead atoms. The summed E-state index contributed by atoms with van der Waals surface area (Å²) < 4.78 is 10.8. The van der Waals surface area contributed by atoms with Gasteiger partial charge in [0.1, 0.15) is 0 Å². The highest BCUT2D eigenvalue weighted by molar-refractivity contribution is 14.1. The number of aromatic nitrogens is 1. The van der Waals surface area contributed by atoms with Gasteiger partial charge in [0.2, 0.25) is 0 Å². The molecule has 0 aliphatic carbocycles. The molecule has 3 nitrogen and oxygen atoms in total. The van der Waals surface area contributed by atoms with Crippen LogP contribution in [-0.4, -0.2) is 11.8 Å². The van der Waals surface area contributed by atoms with Crippen LogP contribution in [0.1, 0.15) is 13.8 Å². The van der Waals surface area contributed by atoms with Gasteiger partial charge < -0.3 is 9.26 Å². The highest BCUT2D eigenvalue weighted by Gasteiger charge is 2.02. The van der Waals surface area contributed by atoms with Crippen LogP contribution in [0.5, 0.6) is 5.88 Å². The SMILES string of the molecule is CC(C)COc1cc(I)on1. The van der Waals surface area contributed by atoms with Crippen molar-refractivity contribution in [2.45, 2.75) is 13.8 Å². The van der Waals surface area contributed by atoms with Crippen molar-refractivity contribution < 1.29 is 9.26 Å². The van der Waals surface area contributed by atoms with Gasteiger partial charge in [0.25, 0.3) is 5.88 Å². The predicted molar refractivity (Wildman–Crippen MR) is 49.6 cm³/mol. The van der Waals surface area contributed by atoms with Crippen molar-refractivity contribution in [3.05, 3.63) is 9.83 Å². The maximum Gasteiger partial charge on any atom is 0.255 e. The summed E-state index contributed by atoms with van der Waals surface area (Å²) in [5.74, 6) is 1.09. The second-order valence-corrected chi connectivity index (χ2v) is 3.74. The molecule has 0 unspecified atom stereocenters. The summed E-state index contributed by atoms with van der Waals surface area (Å²) in [6.45, 7) is 4.86. The Kier molecular flexibility index (Phi) is 3.16. The molecule has 0 spiro atoms. The van der Waals surface area contributed by atoms with Gasteiger partial charge >= 0.3 is 0 Å². The lowest BCUT2D eigenvalue weighted by Crippen LogP contribution is -2.04. The predicted octanol–water partition coefficient (Wildman–Crippen LogP) is 2.31. The van der Waals surface area contributed by atoms with Crippen molar-refractivity contribution >= 4 is 22.6 Å². The third kappa shape index (κ3) is 3.09. The summed E-state index contributed by atoms with van der Waals surface area (Å²) >= 11 is 2.05. The third-order valence-corrected chi connectivity index (χ3v) is 1.53. The topological polar surface area (TPSA) is 35.3 Å². The molecular formula is C7H10INO2. The minimum absolute atomic E-state index is 0.518. The van der Waals surface area contributed by atoms with E-state index in [1.54, 1.807) is 6.07 Å². The van der Waals surface area contributed by atoms with Crippen LogP contribution in [0.25, 0.3) is 0 Å². The first-order chi connectivity index (χ1) is 5.18. The van der Waals surface area contributed by atoms with Gasteiger partial charge in [-0.25, -0.2) is 0 Å². The van der Waals surface area contributed by atoms with Gasteiger partial charge in [0, 0.05) is 22.6 Å². The van der Waals surface area contributed by atoms with Crippen LogP contribution in [0.2, 0.25) is 0 Å². The average molecular weight is 267 g/mol. The second kappa shape index (κ2) is 3.94. The summed E-state index contributed by atoms with van der Waals surface area (Å²) in [5, 5.41) is 3.68. The summed E-state index contributed by atoms with van der Waals surface area (Å²) in [7, 11) is 0. The molecule has 1 rings (SSSR count). The highest BCUT2D eigenvalue weighted by Crippen LogP contribution is 2.13. The lowest BCUT2D eigenvalue weighted by molar-refractivity contribution is 0.243. The normalized spacial score (nSPS) is 10.5. The summed E-state index contributed by atoms with van der Waals surface area (Å²) in [6, 6.07) is 1.77. The largest absolute Gasteiger partial charge is 0.475 e. The number of nitrogens with zero attached hydrogens (tertiary/aromatic N) is 1. The van der Waals surface area contributed by atoms with E-state index in [0.29, 0.717) is 18.4 Å². The van der Waals surface area contributed by atoms with Gasteiger partial charge in [-0.1, -0.05) is 13.8 Å². The Hall–Kier alpha value is -0.260. The van der Waals surface area contributed by atoms with Crippen molar-refractivity contribution in [1.29, 1.82) is 0 Å². The number of rotatable bonds is 3. The molecule has 11 heavy (non-hydrogen) atoms. The Labute approximate surface area is 79.2 Å². The Morgan fingerprint density at radius 2 is 2.45 bits per heavy atom. The minimum Gasteiger partial charge on any atom is -0.475 e. The standard InChI is InChI=1S/C7H10INO2/c1-5(2)4-10-7-3-6(8)11-9-7/h3,5H,4H2,1-2H3. The van der Waals surface area contributed by atoms with Crippen LogP contribution >= 0.6 is 22.6 Å². The van der Waals surface area contributed by atoms with Crippen molar-refractivity contribution in [2.24, 2.45) is 5.92 Å². The van der Waals surface area contributed by atoms with Gasteiger partial charge in [-0.2, -0.15) is 0 Å². The first-order valence-electron chi connectivity index (χ1n) is 3.43. The number of ether oxygens (including phenoxy) is 1. The molecular weight excluding hydrogens is 257 g/mol. The van der Waals surface area contributed by atoms with Gasteiger partial charge in [-0.05, 0) is 11.1 Å². The van der Waals surface area contributed by atoms with Crippen molar-refractivity contribution in [3.8, 4) is 5.88 Å². The zero-order valence-electron chi connectivity index (χ0n) is 6.50. The maximum atomic E-state index is 5.28. The zero-order valence-corrected chi connectivity index (χ0v) is 8.66. The lowest BCUT2D eigenvalue weighted by Gasteiger charge is -2.03. The first kappa shape index (κ1) is 8.83. The van der Waals surface area contributed by atoms with Crippen LogP contribution in [0.3, 0.4) is 0 Å². The number of hydrogen-bond acceptors (Lipinski definition) is 3. The van der Waals surface area contributed by atoms with E-state index in [9.17, 15) is 0 Å². The van der Waals surface area contributed by atoms with Crippen LogP contribution < -0.4 is 4.74 Å². The smallest absolute Gasteiger partial charge is 0.255 e. The van der Waals surface area contributed by atoms with Gasteiger partial charge in [0.05, 0.1) is 12.7 Å². The minimum atomic E-state index is 0.518. The average Bonchev–Trinajstić information content (AvgIpc) is 2.31. The fourth-order valence-corrected chi connectivity index (χ4v) is 0.923. The van der Waals surface area contributed by atoms with Crippen LogP contribution in [0, 0.1) is 9.68 Å². The Morgan fingerprint density at radius 3 is 2.91 bits per heavy atom. The molecule has 0 fully saturated rings. The molecule has 0 N–H and O–H groups in total. The van der Waals surface area contributed by atoms with E-state index in [4.69, 9.17) is 9.26 Å². The van der Waals surface area contributed by atoms with Gasteiger partial charge in [0.15, 0.2) is 3.77 Å². The summed E-state index contributed by atoms with van der Waals surface area (Å²) in [5.41, 5.74) is 0. The lowest BCUT2D eigenvalue weighted by atomic mass is 10.2. The summed E-state index contributed by atoms with van der Waals surface area (Å²) in [6.07, 6.45) is 0. The Morgan fingerprint density at radius 1 is 1.73 bits per heavy atom. The molecule has 0 radical (unpaired) electrons. The monoisotopic (exact) mass is 267 g/mol. The highest BCUT2D eigenvalue weighted by atomic mass is 127. The Balaban J connectivity index is 2.39. The molecule has 62 valence electrons. The fraction of sp³-hybridized carbons (Fsp3) is 0.571. The van der Waals surface area contributed by atoms with Crippen LogP contribution in [-0.2, 0) is 0 Å². The molecule has 0 saturated carbocycles. The van der Waals surface area contributed by atoms with Crippen LogP contribution in [0.4, 0.5) is 0 Å². The molecule has 0 atom stereocenters. The van der Waals surface area contributed by atoms with Crippen molar-refractivity contribution in [3.63, 3.8) is 0 Å². The Bertz CT molecular complexity index is 222. The van der Waals surface area contributed by atoms with E-state index >= 15 is 0 Å². The van der Waals surface area contributed by atoms with E-state index in [2.05, 4.69) is 19.0 Å². The third-order valence-electron chi connectivity index (χ3n) is 1.02. The summed E-state index contributed by atoms with van der Waals surface area (Å²) in [4.78, 5) is 0. The number of hydrogen-bond donors (Lipinski definition) is 0. The molecule has 1 aromatic rings. The van der Waals surface area contributed by atoms with Gasteiger partial charge in [-0.15, -0.1) is 0 Å². The van der Waals surface area contributed by atoms with E-state index in [1.165, 1.54) is 0 Å². The molecule has 0 aliphatic heterocycles. The maximum absolute atomic E-state index is 5.28. The van der Waals surface area contributed by atoms with Crippen LogP contribution in [0.15, 0.2) is 10.6 Å². The fourth-order valence-electron chi connectivity index (χ4n) is 0.558. The van der Waals surface area contributed by atoms with E-state index in [-0.39, 0.29) is 0 Å². The molecule has 4 heteroatoms. The van der Waals surface area contributed by atoms with E-state index in [0.717, 1.165) is 3.77 Å². The van der Waals surface area contributed by atoms with Gasteiger partial charge in [-0.3, -0.25) is 0 Å². The van der Waals surface area contributed by atoms with Crippen molar-refractivity contribution in [1.82, 2.24) is 5.16 Å². The van der Waals surface area contributed by atoms with E-state index in [1.807, 2.05) is 22.6 Å². The molecule has 1 aromatic heterocycles. The quantitative estimate of drug-likeness (QED) is 0.788. The molecule has 0 saturated heterocycles. The molecule has 1 heterocycles. The molecule has 0 amide bonds. The number of halogens is 1.